The van der Waals surface area contributed by atoms with Crippen LogP contribution in [0.3, 0.4) is 0 Å². The zero-order chi connectivity index (χ0) is 26.7. The average Bonchev–Trinajstić information content (AvgIpc) is 3.16. The molecule has 37 heavy (non-hydrogen) atoms. The fraction of sp³-hybridized carbons (Fsp3) is 0.214. The number of aliphatic hydroxyl groups is 1. The molecule has 190 valence electrons. The third-order valence-corrected chi connectivity index (χ3v) is 6.37. The minimum Gasteiger partial charge on any atom is -0.507 e. The van der Waals surface area contributed by atoms with Crippen LogP contribution in [-0.2, 0) is 16.0 Å². The summed E-state index contributed by atoms with van der Waals surface area (Å²) in [5.74, 6) is -0.759. The monoisotopic (exact) mass is 502 g/mol. The summed E-state index contributed by atoms with van der Waals surface area (Å²) in [6, 6.07) is 17.0. The first-order chi connectivity index (χ1) is 17.7. The summed E-state index contributed by atoms with van der Waals surface area (Å²) >= 11 is 0. The molecule has 4 rings (SSSR count). The number of non-ortho nitro benzene ring substituents is 1. The number of methoxy groups -OCH3 is 2. The van der Waals surface area contributed by atoms with E-state index in [4.69, 9.17) is 9.47 Å². The van der Waals surface area contributed by atoms with Crippen LogP contribution >= 0.6 is 0 Å². The molecule has 1 heterocycles. The zero-order valence-corrected chi connectivity index (χ0v) is 20.6. The average molecular weight is 503 g/mol. The zero-order valence-electron chi connectivity index (χ0n) is 20.6. The van der Waals surface area contributed by atoms with Crippen LogP contribution in [0.1, 0.15) is 28.3 Å². The normalized spacial score (nSPS) is 16.6. The van der Waals surface area contributed by atoms with Gasteiger partial charge in [0.2, 0.25) is 0 Å². The van der Waals surface area contributed by atoms with Gasteiger partial charge in [-0.2, -0.15) is 0 Å². The Labute approximate surface area is 213 Å². The van der Waals surface area contributed by atoms with Gasteiger partial charge in [0.25, 0.3) is 17.4 Å². The summed E-state index contributed by atoms with van der Waals surface area (Å²) in [6.07, 6.45) is 0.390. The standard InChI is InChI=1S/C28H26N2O7/c1-17-4-7-20(8-5-17)26(31)24-25(19-9-11-21(12-10-19)30(34)35)29(28(33)27(24)32)15-14-18-6-13-22(36-2)23(16-18)37-3/h4-13,16,25,31H,14-15H2,1-3H3/t25-/m1/s1. The first kappa shape index (κ1) is 25.4. The Kier molecular flexibility index (Phi) is 7.24. The molecule has 0 saturated carbocycles. The largest absolute Gasteiger partial charge is 0.507 e. The van der Waals surface area contributed by atoms with Crippen molar-refractivity contribution in [1.82, 2.24) is 4.90 Å². The highest BCUT2D eigenvalue weighted by Gasteiger charge is 2.46. The summed E-state index contributed by atoms with van der Waals surface area (Å²) < 4.78 is 10.6. The maximum absolute atomic E-state index is 13.2. The SMILES string of the molecule is COc1ccc(CCN2C(=O)C(=O)C(=C(O)c3ccc(C)cc3)[C@H]2c2ccc([N+](=O)[O-])cc2)cc1OC. The Hall–Kier alpha value is -4.66. The molecule has 3 aromatic carbocycles. The van der Waals surface area contributed by atoms with Gasteiger partial charge in [0, 0.05) is 24.2 Å². The molecule has 0 bridgehead atoms. The van der Waals surface area contributed by atoms with Crippen molar-refractivity contribution in [2.75, 3.05) is 20.8 Å². The van der Waals surface area contributed by atoms with E-state index in [2.05, 4.69) is 0 Å². The Bertz CT molecular complexity index is 1380. The molecule has 3 aromatic rings. The molecule has 1 amide bonds. The Morgan fingerprint density at radius 1 is 0.973 bits per heavy atom. The van der Waals surface area contributed by atoms with Gasteiger partial charge in [0.1, 0.15) is 5.76 Å². The minimum absolute atomic E-state index is 0.0602. The van der Waals surface area contributed by atoms with Gasteiger partial charge in [-0.1, -0.05) is 35.9 Å². The summed E-state index contributed by atoms with van der Waals surface area (Å²) in [5, 5.41) is 22.3. The van der Waals surface area contributed by atoms with Crippen molar-refractivity contribution < 1.29 is 29.1 Å². The molecule has 1 fully saturated rings. The van der Waals surface area contributed by atoms with Gasteiger partial charge in [-0.3, -0.25) is 19.7 Å². The third-order valence-electron chi connectivity index (χ3n) is 6.37. The highest BCUT2D eigenvalue weighted by molar-refractivity contribution is 6.46. The van der Waals surface area contributed by atoms with E-state index in [9.17, 15) is 24.8 Å². The summed E-state index contributed by atoms with van der Waals surface area (Å²) in [6.45, 7) is 2.06. The lowest BCUT2D eigenvalue weighted by atomic mass is 9.94. The van der Waals surface area contributed by atoms with Crippen molar-refractivity contribution in [3.63, 3.8) is 0 Å². The van der Waals surface area contributed by atoms with Gasteiger partial charge in [-0.05, 0) is 48.7 Å². The second-order valence-corrected chi connectivity index (χ2v) is 8.65. The molecule has 1 N–H and O–H groups in total. The van der Waals surface area contributed by atoms with E-state index < -0.39 is 22.7 Å². The number of nitro groups is 1. The van der Waals surface area contributed by atoms with Crippen LogP contribution in [0.25, 0.3) is 5.76 Å². The smallest absolute Gasteiger partial charge is 0.295 e. The quantitative estimate of drug-likeness (QED) is 0.157. The van der Waals surface area contributed by atoms with Crippen LogP contribution in [0, 0.1) is 17.0 Å². The molecule has 0 aliphatic carbocycles. The van der Waals surface area contributed by atoms with Crippen LogP contribution in [0.4, 0.5) is 5.69 Å². The maximum Gasteiger partial charge on any atom is 0.295 e. The minimum atomic E-state index is -0.915. The lowest BCUT2D eigenvalue weighted by Crippen LogP contribution is -2.31. The van der Waals surface area contributed by atoms with E-state index in [0.717, 1.165) is 11.1 Å². The lowest BCUT2D eigenvalue weighted by molar-refractivity contribution is -0.384. The molecule has 9 nitrogen and oxygen atoms in total. The second-order valence-electron chi connectivity index (χ2n) is 8.65. The van der Waals surface area contributed by atoms with Gasteiger partial charge >= 0.3 is 0 Å². The van der Waals surface area contributed by atoms with E-state index in [-0.39, 0.29) is 23.6 Å². The number of hydrogen-bond donors (Lipinski definition) is 1. The van der Waals surface area contributed by atoms with Crippen LogP contribution in [0.2, 0.25) is 0 Å². The van der Waals surface area contributed by atoms with Crippen LogP contribution < -0.4 is 9.47 Å². The summed E-state index contributed by atoms with van der Waals surface area (Å²) in [4.78, 5) is 38.4. The van der Waals surface area contributed by atoms with Crippen molar-refractivity contribution in [2.24, 2.45) is 0 Å². The molecule has 0 aromatic heterocycles. The fourth-order valence-corrected chi connectivity index (χ4v) is 4.39. The van der Waals surface area contributed by atoms with Crippen LogP contribution in [-0.4, -0.2) is 47.4 Å². The number of ether oxygens (including phenoxy) is 2. The van der Waals surface area contributed by atoms with E-state index >= 15 is 0 Å². The molecule has 1 aliphatic heterocycles. The van der Waals surface area contributed by atoms with E-state index in [1.165, 1.54) is 43.4 Å². The number of Topliss-reactive ketones (excluding diaryl/α,β-unsaturated/α-hetero) is 1. The lowest BCUT2D eigenvalue weighted by Gasteiger charge is -2.25. The van der Waals surface area contributed by atoms with Crippen LogP contribution in [0.5, 0.6) is 11.5 Å². The predicted octanol–water partition coefficient (Wildman–Crippen LogP) is 4.58. The summed E-state index contributed by atoms with van der Waals surface area (Å²) in [7, 11) is 3.06. The van der Waals surface area contributed by atoms with Gasteiger partial charge in [-0.25, -0.2) is 0 Å². The molecule has 1 atom stereocenters. The number of amides is 1. The van der Waals surface area contributed by atoms with Gasteiger partial charge in [-0.15, -0.1) is 0 Å². The number of benzene rings is 3. The van der Waals surface area contributed by atoms with Crippen molar-refractivity contribution in [1.29, 1.82) is 0 Å². The molecule has 1 aliphatic rings. The number of nitrogens with zero attached hydrogens (tertiary/aromatic N) is 2. The number of nitro benzene ring substituents is 1. The number of carbonyl (C=O) groups is 2. The molecular formula is C28H26N2O7. The van der Waals surface area contributed by atoms with Crippen molar-refractivity contribution in [2.45, 2.75) is 19.4 Å². The number of rotatable bonds is 8. The topological polar surface area (TPSA) is 119 Å². The maximum atomic E-state index is 13.2. The Morgan fingerprint density at radius 2 is 1.62 bits per heavy atom. The Balaban J connectivity index is 1.75. The van der Waals surface area contributed by atoms with Gasteiger partial charge in [0.05, 0.1) is 30.8 Å². The Morgan fingerprint density at radius 3 is 2.22 bits per heavy atom. The van der Waals surface area contributed by atoms with Crippen molar-refractivity contribution in [3.8, 4) is 11.5 Å². The van der Waals surface area contributed by atoms with Crippen molar-refractivity contribution >= 4 is 23.1 Å². The molecule has 9 heteroatoms. The number of likely N-dealkylation sites (tertiary alicyclic amines) is 1. The number of hydrogen-bond acceptors (Lipinski definition) is 7. The molecule has 0 unspecified atom stereocenters. The number of carbonyl (C=O) groups excluding carboxylic acids is 2. The molecule has 0 radical (unpaired) electrons. The number of aryl methyl sites for hydroxylation is 1. The third kappa shape index (κ3) is 5.02. The number of ketones is 1. The van der Waals surface area contributed by atoms with Gasteiger partial charge in [0.15, 0.2) is 11.5 Å². The molecular weight excluding hydrogens is 476 g/mol. The van der Waals surface area contributed by atoms with E-state index in [1.54, 1.807) is 36.4 Å². The first-order valence-corrected chi connectivity index (χ1v) is 11.6. The predicted molar refractivity (Wildman–Crippen MR) is 137 cm³/mol. The van der Waals surface area contributed by atoms with E-state index in [1.807, 2.05) is 13.0 Å². The first-order valence-electron chi connectivity index (χ1n) is 11.6. The van der Waals surface area contributed by atoms with Gasteiger partial charge < -0.3 is 19.5 Å². The highest BCUT2D eigenvalue weighted by Crippen LogP contribution is 2.40. The molecule has 1 saturated heterocycles. The van der Waals surface area contributed by atoms with Crippen LogP contribution in [0.15, 0.2) is 72.3 Å². The fourth-order valence-electron chi connectivity index (χ4n) is 4.39. The summed E-state index contributed by atoms with van der Waals surface area (Å²) in [5.41, 5.74) is 2.51. The van der Waals surface area contributed by atoms with E-state index in [0.29, 0.717) is 29.0 Å². The second kappa shape index (κ2) is 10.5. The molecule has 0 spiro atoms. The number of aliphatic hydroxyl groups excluding tert-OH is 1. The highest BCUT2D eigenvalue weighted by atomic mass is 16.6. The van der Waals surface area contributed by atoms with Crippen molar-refractivity contribution in [3.05, 3.63) is 105 Å².